The molecule has 2 aliphatic heterocycles. The van der Waals surface area contributed by atoms with Crippen LogP contribution in [0.2, 0.25) is 0 Å². The Balaban J connectivity index is 1.57. The largest absolute Gasteiger partial charge is 0.508 e. The number of alkyl halides is 3. The molecule has 0 bridgehead atoms. The number of carbonyl (C=O) groups excluding carboxylic acids is 3. The lowest BCUT2D eigenvalue weighted by Gasteiger charge is -2.50. The number of likely N-dealkylation sites (N-methyl/N-ethyl adjacent to an activating group) is 1. The van der Waals surface area contributed by atoms with Crippen LogP contribution in [-0.4, -0.2) is 106 Å². The van der Waals surface area contributed by atoms with Gasteiger partial charge in [0, 0.05) is 29.8 Å². The fourth-order valence-electron chi connectivity index (χ4n) is 8.37. The minimum Gasteiger partial charge on any atom is -0.508 e. The number of phenolic OH excluding ortho intramolecular Hbond substituents is 1. The maximum atomic E-state index is 14.0. The van der Waals surface area contributed by atoms with E-state index < -0.39 is 76.5 Å². The predicted molar refractivity (Wildman–Crippen MR) is 146 cm³/mol. The summed E-state index contributed by atoms with van der Waals surface area (Å²) >= 11 is 0. The molecule has 1 amide bonds. The molecule has 0 radical (unpaired) electrons. The number of aromatic hydroxyl groups is 1. The number of likely N-dealkylation sites (tertiary alicyclic amines) is 1. The molecule has 1 saturated carbocycles. The zero-order chi connectivity index (χ0) is 31.5. The zero-order valence-electron chi connectivity index (χ0n) is 23.8. The van der Waals surface area contributed by atoms with Gasteiger partial charge < -0.3 is 31.1 Å². The van der Waals surface area contributed by atoms with Gasteiger partial charge in [0.1, 0.15) is 29.4 Å². The van der Waals surface area contributed by atoms with Gasteiger partial charge in [0.2, 0.25) is 5.78 Å². The first-order valence-corrected chi connectivity index (χ1v) is 14.0. The van der Waals surface area contributed by atoms with E-state index in [1.807, 2.05) is 11.9 Å². The molecule has 14 heteroatoms. The molecule has 11 nitrogen and oxygen atoms in total. The Morgan fingerprint density at radius 1 is 1.21 bits per heavy atom. The predicted octanol–water partition coefficient (Wildman–Crippen LogP) is 1.34. The van der Waals surface area contributed by atoms with E-state index in [0.717, 1.165) is 0 Å². The standard InChI is InChI=1S/C29H33F3N4O7/c1-34(2)22-15-7-12-6-13-18(23(38)17(12)25(40)29(15,43)26(41)19(24(22)39)27(33)42)16(37)8-14-20-11(4-5-35(20)3)9-36(21(13)14)10-28(30,31)32/h8,11-12,15,20,22,37-38,41,43H,4-7,9-10H2,1-3H3,(H2,33,42)/t11?,12-,15-,20?,22-,29?/m1/s1. The highest BCUT2D eigenvalue weighted by molar-refractivity contribution is 6.24. The van der Waals surface area contributed by atoms with Gasteiger partial charge in [-0.3, -0.25) is 24.2 Å². The molecule has 1 saturated heterocycles. The van der Waals surface area contributed by atoms with Gasteiger partial charge in [-0.2, -0.15) is 13.2 Å². The summed E-state index contributed by atoms with van der Waals surface area (Å²) in [5.74, 6) is -8.05. The number of benzene rings is 1. The van der Waals surface area contributed by atoms with Crippen LogP contribution in [0, 0.1) is 17.8 Å². The monoisotopic (exact) mass is 606 g/mol. The molecule has 1 aromatic carbocycles. The van der Waals surface area contributed by atoms with Gasteiger partial charge >= 0.3 is 6.18 Å². The van der Waals surface area contributed by atoms with Crippen molar-refractivity contribution in [3.05, 3.63) is 39.7 Å². The van der Waals surface area contributed by atoms with Crippen molar-refractivity contribution in [1.29, 1.82) is 0 Å². The molecule has 2 heterocycles. The number of nitrogens with zero attached hydrogens (tertiary/aromatic N) is 3. The summed E-state index contributed by atoms with van der Waals surface area (Å²) in [5.41, 5.74) is 2.03. The molecule has 1 aromatic rings. The normalized spacial score (nSPS) is 32.5. The maximum absolute atomic E-state index is 14.0. The van der Waals surface area contributed by atoms with Crippen molar-refractivity contribution in [3.8, 4) is 5.75 Å². The van der Waals surface area contributed by atoms with Crippen molar-refractivity contribution >= 4 is 28.9 Å². The van der Waals surface area contributed by atoms with Crippen LogP contribution >= 0.6 is 0 Å². The Bertz CT molecular complexity index is 1540. The van der Waals surface area contributed by atoms with Crippen LogP contribution in [0.5, 0.6) is 5.75 Å². The van der Waals surface area contributed by atoms with Crippen LogP contribution in [0.15, 0.2) is 23.0 Å². The quantitative estimate of drug-likeness (QED) is 0.317. The second kappa shape index (κ2) is 9.44. The maximum Gasteiger partial charge on any atom is 0.405 e. The van der Waals surface area contributed by atoms with Crippen LogP contribution in [0.25, 0.3) is 5.76 Å². The van der Waals surface area contributed by atoms with Gasteiger partial charge in [0.05, 0.1) is 11.6 Å². The number of phenols is 1. The van der Waals surface area contributed by atoms with Crippen molar-refractivity contribution in [3.63, 3.8) is 0 Å². The highest BCUT2D eigenvalue weighted by Gasteiger charge is 2.64. The van der Waals surface area contributed by atoms with Gasteiger partial charge in [-0.05, 0) is 76.0 Å². The molecule has 6 N–H and O–H groups in total. The fraction of sp³-hybridized carbons (Fsp3) is 0.552. The number of aliphatic hydroxyl groups excluding tert-OH is 2. The molecule has 0 aromatic heterocycles. The summed E-state index contributed by atoms with van der Waals surface area (Å²) in [6.45, 7) is -0.490. The second-order valence-corrected chi connectivity index (χ2v) is 12.6. The highest BCUT2D eigenvalue weighted by Crippen LogP contribution is 2.57. The number of nitrogens with two attached hydrogens (primary N) is 1. The molecule has 2 fully saturated rings. The van der Waals surface area contributed by atoms with Crippen LogP contribution in [0.4, 0.5) is 18.9 Å². The lowest BCUT2D eigenvalue weighted by Crippen LogP contribution is -2.65. The highest BCUT2D eigenvalue weighted by atomic mass is 19.4. The summed E-state index contributed by atoms with van der Waals surface area (Å²) in [6, 6.07) is -0.183. The van der Waals surface area contributed by atoms with E-state index in [4.69, 9.17) is 5.73 Å². The van der Waals surface area contributed by atoms with Gasteiger partial charge in [-0.15, -0.1) is 0 Å². The second-order valence-electron chi connectivity index (χ2n) is 12.6. The van der Waals surface area contributed by atoms with E-state index in [9.17, 15) is 48.0 Å². The fourth-order valence-corrected chi connectivity index (χ4v) is 8.37. The molecule has 6 rings (SSSR count). The van der Waals surface area contributed by atoms with Crippen molar-refractivity contribution in [2.75, 3.05) is 45.7 Å². The number of primary amides is 1. The van der Waals surface area contributed by atoms with Gasteiger partial charge in [0.15, 0.2) is 11.4 Å². The van der Waals surface area contributed by atoms with Crippen LogP contribution < -0.4 is 10.6 Å². The first-order valence-electron chi connectivity index (χ1n) is 14.0. The molecule has 6 atom stereocenters. The SMILES string of the molecule is CN1CCC2CN(CC(F)(F)F)c3c(cc(O)c4c3C[C@@H]3C[C@@H]5[C@@H](N(C)C)C(=O)C(C(N)=O)=C(O)C5(O)C(=O)C3=C4O)C21. The Morgan fingerprint density at radius 2 is 1.88 bits per heavy atom. The Kier molecular flexibility index (Phi) is 6.46. The number of fused-ring (bicyclic) bond motifs is 7. The number of anilines is 1. The molecular weight excluding hydrogens is 573 g/mol. The lowest BCUT2D eigenvalue weighted by molar-refractivity contribution is -0.153. The summed E-state index contributed by atoms with van der Waals surface area (Å²) < 4.78 is 41.5. The molecule has 43 heavy (non-hydrogen) atoms. The molecule has 3 aliphatic carbocycles. The van der Waals surface area contributed by atoms with Crippen LogP contribution in [0.1, 0.15) is 35.6 Å². The van der Waals surface area contributed by atoms with Crippen molar-refractivity contribution in [2.24, 2.45) is 23.5 Å². The minimum absolute atomic E-state index is 0.0826. The summed E-state index contributed by atoms with van der Waals surface area (Å²) in [5, 5.41) is 45.5. The van der Waals surface area contributed by atoms with E-state index in [1.54, 1.807) is 0 Å². The zero-order valence-corrected chi connectivity index (χ0v) is 23.8. The summed E-state index contributed by atoms with van der Waals surface area (Å²) in [4.78, 5) is 44.1. The first kappa shape index (κ1) is 29.5. The number of hydrogen-bond acceptors (Lipinski definition) is 10. The van der Waals surface area contributed by atoms with E-state index in [-0.39, 0.29) is 53.7 Å². The molecule has 232 valence electrons. The van der Waals surface area contributed by atoms with E-state index in [0.29, 0.717) is 18.5 Å². The molecular formula is C29H33F3N4O7. The van der Waals surface area contributed by atoms with Crippen LogP contribution in [0.3, 0.4) is 0 Å². The third kappa shape index (κ3) is 4.02. The third-order valence-corrected chi connectivity index (χ3v) is 9.96. The number of halogens is 3. The average molecular weight is 607 g/mol. The number of carbonyl (C=O) groups is 3. The van der Waals surface area contributed by atoms with E-state index in [2.05, 4.69) is 0 Å². The Morgan fingerprint density at radius 3 is 2.49 bits per heavy atom. The van der Waals surface area contributed by atoms with Gasteiger partial charge in [-0.1, -0.05) is 0 Å². The molecule has 0 spiro atoms. The number of ketones is 2. The topological polar surface area (TPSA) is 168 Å². The Hall–Kier alpha value is -3.62. The molecule has 3 unspecified atom stereocenters. The van der Waals surface area contributed by atoms with Crippen molar-refractivity contribution in [1.82, 2.24) is 9.80 Å². The van der Waals surface area contributed by atoms with E-state index >= 15 is 0 Å². The number of rotatable bonds is 3. The van der Waals surface area contributed by atoms with Crippen LogP contribution in [-0.2, 0) is 20.8 Å². The summed E-state index contributed by atoms with van der Waals surface area (Å²) in [6.07, 6.45) is -4.11. The summed E-state index contributed by atoms with van der Waals surface area (Å²) in [7, 11) is 4.85. The lowest BCUT2D eigenvalue weighted by atomic mass is 9.57. The molecule has 5 aliphatic rings. The number of hydrogen-bond donors (Lipinski definition) is 5. The number of aliphatic hydroxyl groups is 3. The van der Waals surface area contributed by atoms with Crippen molar-refractivity contribution < 1.29 is 48.0 Å². The smallest absolute Gasteiger partial charge is 0.405 e. The first-order chi connectivity index (χ1) is 20.0. The average Bonchev–Trinajstić information content (AvgIpc) is 3.25. The van der Waals surface area contributed by atoms with Gasteiger partial charge in [0.25, 0.3) is 5.91 Å². The minimum atomic E-state index is -4.54. The van der Waals surface area contributed by atoms with Crippen molar-refractivity contribution in [2.45, 2.75) is 43.1 Å². The Labute approximate surface area is 244 Å². The third-order valence-electron chi connectivity index (χ3n) is 9.96. The number of Topliss-reactive ketones (excluding diaryl/α,β-unsaturated/α-hetero) is 2. The van der Waals surface area contributed by atoms with E-state index in [1.165, 1.54) is 30.0 Å². The number of amides is 1. The van der Waals surface area contributed by atoms with Gasteiger partial charge in [-0.25, -0.2) is 0 Å².